The van der Waals surface area contributed by atoms with Crippen molar-refractivity contribution in [2.45, 2.75) is 31.3 Å². The SMILES string of the molecule is Cc1ccc(C2(CN)CC(O)C2)c(Cl)n1. The van der Waals surface area contributed by atoms with Crippen LogP contribution in [0.2, 0.25) is 5.15 Å². The topological polar surface area (TPSA) is 59.1 Å². The number of aliphatic hydroxyl groups is 1. The van der Waals surface area contributed by atoms with E-state index in [-0.39, 0.29) is 11.5 Å². The molecule has 1 aliphatic rings. The molecule has 0 saturated heterocycles. The van der Waals surface area contributed by atoms with Gasteiger partial charge in [-0.25, -0.2) is 4.98 Å². The Bertz CT molecular complexity index is 375. The van der Waals surface area contributed by atoms with Gasteiger partial charge in [-0.1, -0.05) is 17.7 Å². The zero-order valence-electron chi connectivity index (χ0n) is 8.70. The molecule has 3 N–H and O–H groups in total. The second-order valence-corrected chi connectivity index (χ2v) is 4.70. The summed E-state index contributed by atoms with van der Waals surface area (Å²) in [7, 11) is 0. The van der Waals surface area contributed by atoms with Crippen molar-refractivity contribution in [1.82, 2.24) is 4.98 Å². The summed E-state index contributed by atoms with van der Waals surface area (Å²) in [5, 5.41) is 9.92. The van der Waals surface area contributed by atoms with Crippen molar-refractivity contribution in [2.24, 2.45) is 5.73 Å². The van der Waals surface area contributed by atoms with E-state index >= 15 is 0 Å². The summed E-state index contributed by atoms with van der Waals surface area (Å²) in [6.07, 6.45) is 1.13. The van der Waals surface area contributed by atoms with Crippen LogP contribution in [0.15, 0.2) is 12.1 Å². The van der Waals surface area contributed by atoms with Crippen LogP contribution in [0.1, 0.15) is 24.1 Å². The lowest BCUT2D eigenvalue weighted by Gasteiger charge is -2.45. The average molecular weight is 227 g/mol. The summed E-state index contributed by atoms with van der Waals surface area (Å²) in [4.78, 5) is 4.22. The summed E-state index contributed by atoms with van der Waals surface area (Å²) in [5.41, 5.74) is 7.49. The van der Waals surface area contributed by atoms with Gasteiger partial charge in [0.05, 0.1) is 6.10 Å². The van der Waals surface area contributed by atoms with Gasteiger partial charge in [-0.3, -0.25) is 0 Å². The fourth-order valence-corrected chi connectivity index (χ4v) is 2.66. The molecular formula is C11H15ClN2O. The Balaban J connectivity index is 2.36. The molecule has 1 aromatic rings. The quantitative estimate of drug-likeness (QED) is 0.750. The molecule has 0 aliphatic heterocycles. The number of hydrogen-bond acceptors (Lipinski definition) is 3. The highest BCUT2D eigenvalue weighted by molar-refractivity contribution is 6.30. The molecule has 0 unspecified atom stereocenters. The van der Waals surface area contributed by atoms with E-state index in [9.17, 15) is 5.11 Å². The first-order valence-corrected chi connectivity index (χ1v) is 5.47. The Kier molecular flexibility index (Phi) is 2.71. The molecule has 1 saturated carbocycles. The van der Waals surface area contributed by atoms with Crippen molar-refractivity contribution in [3.8, 4) is 0 Å². The lowest BCUT2D eigenvalue weighted by Crippen LogP contribution is -2.50. The maximum Gasteiger partial charge on any atom is 0.133 e. The van der Waals surface area contributed by atoms with Crippen molar-refractivity contribution >= 4 is 11.6 Å². The molecule has 0 bridgehead atoms. The lowest BCUT2D eigenvalue weighted by molar-refractivity contribution is 0.0220. The van der Waals surface area contributed by atoms with Crippen LogP contribution >= 0.6 is 11.6 Å². The lowest BCUT2D eigenvalue weighted by atomic mass is 9.63. The van der Waals surface area contributed by atoms with E-state index < -0.39 is 0 Å². The molecule has 2 rings (SSSR count). The van der Waals surface area contributed by atoms with Crippen molar-refractivity contribution in [2.75, 3.05) is 6.54 Å². The van der Waals surface area contributed by atoms with Gasteiger partial charge in [0.15, 0.2) is 0 Å². The third kappa shape index (κ3) is 1.75. The minimum Gasteiger partial charge on any atom is -0.393 e. The van der Waals surface area contributed by atoms with E-state index in [0.717, 1.165) is 11.3 Å². The molecule has 1 heterocycles. The van der Waals surface area contributed by atoms with Crippen LogP contribution in [-0.4, -0.2) is 22.7 Å². The van der Waals surface area contributed by atoms with Crippen LogP contribution in [-0.2, 0) is 5.41 Å². The number of nitrogens with two attached hydrogens (primary N) is 1. The highest BCUT2D eigenvalue weighted by Crippen LogP contribution is 2.45. The van der Waals surface area contributed by atoms with Gasteiger partial charge in [-0.2, -0.15) is 0 Å². The average Bonchev–Trinajstić information content (AvgIpc) is 2.13. The number of pyridine rings is 1. The molecule has 0 aromatic carbocycles. The van der Waals surface area contributed by atoms with E-state index in [4.69, 9.17) is 17.3 Å². The number of rotatable bonds is 2. The molecule has 0 amide bonds. The number of aromatic nitrogens is 1. The Morgan fingerprint density at radius 1 is 1.60 bits per heavy atom. The summed E-state index contributed by atoms with van der Waals surface area (Å²) in [6, 6.07) is 3.91. The molecule has 1 fully saturated rings. The first-order valence-electron chi connectivity index (χ1n) is 5.09. The van der Waals surface area contributed by atoms with E-state index in [1.54, 1.807) is 0 Å². The number of aliphatic hydroxyl groups excluding tert-OH is 1. The Hall–Kier alpha value is -0.640. The molecule has 82 valence electrons. The first-order chi connectivity index (χ1) is 7.07. The largest absolute Gasteiger partial charge is 0.393 e. The van der Waals surface area contributed by atoms with Crippen LogP contribution in [0.4, 0.5) is 0 Å². The van der Waals surface area contributed by atoms with Gasteiger partial charge in [0, 0.05) is 17.7 Å². The van der Waals surface area contributed by atoms with Gasteiger partial charge in [-0.05, 0) is 31.4 Å². The zero-order valence-corrected chi connectivity index (χ0v) is 9.46. The second kappa shape index (κ2) is 3.74. The van der Waals surface area contributed by atoms with Crippen molar-refractivity contribution in [1.29, 1.82) is 0 Å². The number of halogens is 1. The normalized spacial score (nSPS) is 30.0. The highest BCUT2D eigenvalue weighted by Gasteiger charge is 2.45. The molecule has 0 spiro atoms. The minimum absolute atomic E-state index is 0.156. The number of nitrogens with zero attached hydrogens (tertiary/aromatic N) is 1. The second-order valence-electron chi connectivity index (χ2n) is 4.34. The smallest absolute Gasteiger partial charge is 0.133 e. The van der Waals surface area contributed by atoms with Crippen molar-refractivity contribution in [3.05, 3.63) is 28.5 Å². The van der Waals surface area contributed by atoms with E-state index in [1.807, 2.05) is 19.1 Å². The third-order valence-corrected chi connectivity index (χ3v) is 3.49. The number of aryl methyl sites for hydroxylation is 1. The molecule has 3 nitrogen and oxygen atoms in total. The predicted molar refractivity (Wildman–Crippen MR) is 60.0 cm³/mol. The fourth-order valence-electron chi connectivity index (χ4n) is 2.26. The fraction of sp³-hybridized carbons (Fsp3) is 0.545. The van der Waals surface area contributed by atoms with Gasteiger partial charge >= 0.3 is 0 Å². The first kappa shape index (κ1) is 10.9. The van der Waals surface area contributed by atoms with Gasteiger partial charge < -0.3 is 10.8 Å². The molecule has 0 radical (unpaired) electrons. The predicted octanol–water partition coefficient (Wildman–Crippen LogP) is 1.39. The van der Waals surface area contributed by atoms with Gasteiger partial charge in [0.1, 0.15) is 5.15 Å². The Morgan fingerprint density at radius 3 is 2.73 bits per heavy atom. The highest BCUT2D eigenvalue weighted by atomic mass is 35.5. The summed E-state index contributed by atoms with van der Waals surface area (Å²) >= 11 is 6.10. The van der Waals surface area contributed by atoms with E-state index in [1.165, 1.54) is 0 Å². The zero-order chi connectivity index (χ0) is 11.1. The van der Waals surface area contributed by atoms with Crippen LogP contribution in [0.3, 0.4) is 0 Å². The molecule has 1 aromatic heterocycles. The summed E-state index contributed by atoms with van der Waals surface area (Å²) in [6.45, 7) is 2.41. The maximum absolute atomic E-state index is 9.40. The third-order valence-electron chi connectivity index (χ3n) is 3.20. The standard InChI is InChI=1S/C11H15ClN2O/c1-7-2-3-9(10(12)14-7)11(6-13)4-8(15)5-11/h2-3,8,15H,4-6,13H2,1H3. The van der Waals surface area contributed by atoms with Gasteiger partial charge in [0.2, 0.25) is 0 Å². The molecular weight excluding hydrogens is 212 g/mol. The van der Waals surface area contributed by atoms with Gasteiger partial charge in [0.25, 0.3) is 0 Å². The van der Waals surface area contributed by atoms with Crippen LogP contribution < -0.4 is 5.73 Å². The summed E-state index contributed by atoms with van der Waals surface area (Å²) in [5.74, 6) is 0. The van der Waals surface area contributed by atoms with E-state index in [2.05, 4.69) is 4.98 Å². The molecule has 0 atom stereocenters. The van der Waals surface area contributed by atoms with Crippen molar-refractivity contribution in [3.63, 3.8) is 0 Å². The maximum atomic E-state index is 9.40. The summed E-state index contributed by atoms with van der Waals surface area (Å²) < 4.78 is 0. The monoisotopic (exact) mass is 226 g/mol. The molecule has 4 heteroatoms. The minimum atomic E-state index is -0.245. The number of hydrogen-bond donors (Lipinski definition) is 2. The van der Waals surface area contributed by atoms with E-state index in [0.29, 0.717) is 24.5 Å². The Morgan fingerprint density at radius 2 is 2.27 bits per heavy atom. The van der Waals surface area contributed by atoms with Crippen LogP contribution in [0.5, 0.6) is 0 Å². The molecule has 1 aliphatic carbocycles. The van der Waals surface area contributed by atoms with Gasteiger partial charge in [-0.15, -0.1) is 0 Å². The van der Waals surface area contributed by atoms with Crippen LogP contribution in [0, 0.1) is 6.92 Å². The van der Waals surface area contributed by atoms with Crippen LogP contribution in [0.25, 0.3) is 0 Å². The Labute approximate surface area is 94.3 Å². The van der Waals surface area contributed by atoms with Crippen molar-refractivity contribution < 1.29 is 5.11 Å². The molecule has 15 heavy (non-hydrogen) atoms.